The highest BCUT2D eigenvalue weighted by Gasteiger charge is 2.44. The van der Waals surface area contributed by atoms with Crippen molar-refractivity contribution in [2.45, 2.75) is 37.8 Å². The Morgan fingerprint density at radius 1 is 1.11 bits per heavy atom. The summed E-state index contributed by atoms with van der Waals surface area (Å²) in [5.41, 5.74) is 1.93. The number of ether oxygens (including phenoxy) is 1. The van der Waals surface area contributed by atoms with Gasteiger partial charge in [-0.1, -0.05) is 47.5 Å². The molecule has 0 N–H and O–H groups in total. The maximum atomic E-state index is 13.4. The third-order valence-corrected chi connectivity index (χ3v) is 6.88. The molecule has 2 atom stereocenters. The van der Waals surface area contributed by atoms with Gasteiger partial charge in [-0.25, -0.2) is 13.2 Å². The molecule has 0 spiro atoms. The lowest BCUT2D eigenvalue weighted by molar-refractivity contribution is -0.138. The summed E-state index contributed by atoms with van der Waals surface area (Å²) in [6.07, 6.45) is 1.66. The molecule has 2 aromatic rings. The molecule has 0 aromatic heterocycles. The minimum atomic E-state index is -3.85. The number of esters is 1. The Hall–Kier alpha value is -2.15. The van der Waals surface area contributed by atoms with E-state index in [1.165, 1.54) is 4.31 Å². The molecule has 0 radical (unpaired) electrons. The number of carbonyl (C=O) groups is 1. The lowest BCUT2D eigenvalue weighted by Crippen LogP contribution is -2.37. The quantitative estimate of drug-likeness (QED) is 0.679. The van der Waals surface area contributed by atoms with Gasteiger partial charge in [0, 0.05) is 11.1 Å². The van der Waals surface area contributed by atoms with E-state index in [4.69, 9.17) is 16.3 Å². The summed E-state index contributed by atoms with van der Waals surface area (Å²) in [6, 6.07) is 12.2. The molecule has 0 fully saturated rings. The predicted octanol–water partition coefficient (Wildman–Crippen LogP) is 4.27. The summed E-state index contributed by atoms with van der Waals surface area (Å²) in [6.45, 7) is 5.57. The van der Waals surface area contributed by atoms with E-state index >= 15 is 0 Å². The van der Waals surface area contributed by atoms with Crippen molar-refractivity contribution in [2.75, 3.05) is 6.61 Å². The van der Waals surface area contributed by atoms with Crippen molar-refractivity contribution >= 4 is 27.6 Å². The van der Waals surface area contributed by atoms with Gasteiger partial charge in [0.15, 0.2) is 0 Å². The summed E-state index contributed by atoms with van der Waals surface area (Å²) in [4.78, 5) is 12.7. The Morgan fingerprint density at radius 3 is 2.29 bits per heavy atom. The molecule has 28 heavy (non-hydrogen) atoms. The molecule has 1 aliphatic rings. The SMILES string of the molecule is CCOC(=O)C1=C[C@@H](C)N(S(=O)(=O)c2ccc(C)cc2)[C@H]1c1ccc(Cl)cc1. The molecule has 0 amide bonds. The van der Waals surface area contributed by atoms with E-state index < -0.39 is 28.1 Å². The third-order valence-electron chi connectivity index (χ3n) is 4.66. The molecule has 0 bridgehead atoms. The highest BCUT2D eigenvalue weighted by molar-refractivity contribution is 7.89. The van der Waals surface area contributed by atoms with Crippen LogP contribution in [0.1, 0.15) is 31.0 Å². The van der Waals surface area contributed by atoms with E-state index in [9.17, 15) is 13.2 Å². The van der Waals surface area contributed by atoms with Gasteiger partial charge >= 0.3 is 5.97 Å². The summed E-state index contributed by atoms with van der Waals surface area (Å²) in [5, 5.41) is 0.532. The Kier molecular flexibility index (Phi) is 5.93. The minimum Gasteiger partial charge on any atom is -0.463 e. The van der Waals surface area contributed by atoms with Crippen LogP contribution in [0, 0.1) is 6.92 Å². The van der Waals surface area contributed by atoms with Crippen molar-refractivity contribution in [2.24, 2.45) is 0 Å². The molecule has 3 rings (SSSR count). The smallest absolute Gasteiger partial charge is 0.335 e. The molecule has 5 nitrogen and oxygen atoms in total. The first-order chi connectivity index (χ1) is 13.3. The zero-order chi connectivity index (χ0) is 20.5. The Bertz CT molecular complexity index is 998. The number of halogens is 1. The number of aryl methyl sites for hydroxylation is 1. The van der Waals surface area contributed by atoms with Crippen LogP contribution in [0.25, 0.3) is 0 Å². The van der Waals surface area contributed by atoms with Crippen LogP contribution in [0.15, 0.2) is 65.1 Å². The van der Waals surface area contributed by atoms with E-state index in [0.717, 1.165) is 5.56 Å². The molecular formula is C21H22ClNO4S. The van der Waals surface area contributed by atoms with Crippen molar-refractivity contribution in [3.63, 3.8) is 0 Å². The number of benzene rings is 2. The van der Waals surface area contributed by atoms with Crippen LogP contribution >= 0.6 is 11.6 Å². The van der Waals surface area contributed by atoms with Crippen LogP contribution in [-0.4, -0.2) is 31.3 Å². The van der Waals surface area contributed by atoms with Crippen LogP contribution in [0.2, 0.25) is 5.02 Å². The van der Waals surface area contributed by atoms with Gasteiger partial charge < -0.3 is 4.74 Å². The van der Waals surface area contributed by atoms with Gasteiger partial charge in [-0.2, -0.15) is 4.31 Å². The first-order valence-corrected chi connectivity index (χ1v) is 10.8. The van der Waals surface area contributed by atoms with Gasteiger partial charge in [-0.05, 0) is 50.6 Å². The van der Waals surface area contributed by atoms with E-state index in [1.54, 1.807) is 68.5 Å². The maximum absolute atomic E-state index is 13.4. The molecule has 0 unspecified atom stereocenters. The second-order valence-electron chi connectivity index (χ2n) is 6.69. The Labute approximate surface area is 170 Å². The second-order valence-corrected chi connectivity index (χ2v) is 8.96. The first kappa shape index (κ1) is 20.6. The highest BCUT2D eigenvalue weighted by Crippen LogP contribution is 2.41. The molecule has 1 heterocycles. The van der Waals surface area contributed by atoms with Crippen LogP contribution in [0.3, 0.4) is 0 Å². The molecular weight excluding hydrogens is 398 g/mol. The maximum Gasteiger partial charge on any atom is 0.335 e. The molecule has 0 aliphatic carbocycles. The Balaban J connectivity index is 2.11. The van der Waals surface area contributed by atoms with E-state index in [2.05, 4.69) is 0 Å². The van der Waals surface area contributed by atoms with E-state index in [-0.39, 0.29) is 11.5 Å². The fraction of sp³-hybridized carbons (Fsp3) is 0.286. The Morgan fingerprint density at radius 2 is 1.71 bits per heavy atom. The normalized spacial score (nSPS) is 20.1. The van der Waals surface area contributed by atoms with Gasteiger partial charge in [0.1, 0.15) is 0 Å². The fourth-order valence-electron chi connectivity index (χ4n) is 3.35. The van der Waals surface area contributed by atoms with Crippen molar-refractivity contribution in [1.29, 1.82) is 0 Å². The fourth-order valence-corrected chi connectivity index (χ4v) is 5.21. The zero-order valence-electron chi connectivity index (χ0n) is 15.9. The van der Waals surface area contributed by atoms with Crippen molar-refractivity contribution in [3.8, 4) is 0 Å². The van der Waals surface area contributed by atoms with E-state index in [1.807, 2.05) is 6.92 Å². The van der Waals surface area contributed by atoms with Crippen LogP contribution in [0.5, 0.6) is 0 Å². The third kappa shape index (κ3) is 3.85. The number of hydrogen-bond donors (Lipinski definition) is 0. The van der Waals surface area contributed by atoms with Gasteiger partial charge in [-0.3, -0.25) is 0 Å². The highest BCUT2D eigenvalue weighted by atomic mass is 35.5. The molecule has 2 aromatic carbocycles. The van der Waals surface area contributed by atoms with Gasteiger partial charge in [0.25, 0.3) is 0 Å². The lowest BCUT2D eigenvalue weighted by atomic mass is 10.0. The molecule has 1 aliphatic heterocycles. The topological polar surface area (TPSA) is 63.7 Å². The molecule has 7 heteroatoms. The zero-order valence-corrected chi connectivity index (χ0v) is 17.5. The van der Waals surface area contributed by atoms with Crippen LogP contribution < -0.4 is 0 Å². The van der Waals surface area contributed by atoms with Crippen LogP contribution in [-0.2, 0) is 19.6 Å². The number of rotatable bonds is 5. The van der Waals surface area contributed by atoms with Crippen molar-refractivity contribution < 1.29 is 17.9 Å². The van der Waals surface area contributed by atoms with Gasteiger partial charge in [0.05, 0.1) is 23.1 Å². The monoisotopic (exact) mass is 419 g/mol. The summed E-state index contributed by atoms with van der Waals surface area (Å²) in [7, 11) is -3.85. The number of hydrogen-bond acceptors (Lipinski definition) is 4. The van der Waals surface area contributed by atoms with Gasteiger partial charge in [0.2, 0.25) is 10.0 Å². The van der Waals surface area contributed by atoms with E-state index in [0.29, 0.717) is 16.2 Å². The lowest BCUT2D eigenvalue weighted by Gasteiger charge is -2.29. The standard InChI is InChI=1S/C21H22ClNO4S/c1-4-27-21(24)19-13-15(3)23(20(19)16-7-9-17(22)10-8-16)28(25,26)18-11-5-14(2)6-12-18/h5-13,15,20H,4H2,1-3H3/t15-,20+/m1/s1. The average molecular weight is 420 g/mol. The summed E-state index contributed by atoms with van der Waals surface area (Å²) >= 11 is 5.99. The molecule has 0 saturated heterocycles. The minimum absolute atomic E-state index is 0.183. The van der Waals surface area contributed by atoms with Crippen LogP contribution in [0.4, 0.5) is 0 Å². The van der Waals surface area contributed by atoms with Gasteiger partial charge in [-0.15, -0.1) is 0 Å². The second kappa shape index (κ2) is 8.07. The molecule has 148 valence electrons. The van der Waals surface area contributed by atoms with Crippen molar-refractivity contribution in [3.05, 3.63) is 76.3 Å². The predicted molar refractivity (Wildman–Crippen MR) is 109 cm³/mol. The number of carbonyl (C=O) groups excluding carboxylic acids is 1. The average Bonchev–Trinajstić information content (AvgIpc) is 3.01. The molecule has 0 saturated carbocycles. The summed E-state index contributed by atoms with van der Waals surface area (Å²) in [5.74, 6) is -0.518. The first-order valence-electron chi connectivity index (χ1n) is 9.00. The number of nitrogens with zero attached hydrogens (tertiary/aromatic N) is 1. The van der Waals surface area contributed by atoms with Crippen molar-refractivity contribution in [1.82, 2.24) is 4.31 Å². The largest absolute Gasteiger partial charge is 0.463 e. The summed E-state index contributed by atoms with van der Waals surface area (Å²) < 4.78 is 33.4. The number of sulfonamides is 1.